The van der Waals surface area contributed by atoms with Crippen molar-refractivity contribution in [2.75, 3.05) is 0 Å². The highest BCUT2D eigenvalue weighted by Gasteiger charge is 2.27. The number of rotatable bonds is 3. The van der Waals surface area contributed by atoms with Crippen LogP contribution >= 0.6 is 11.6 Å². The second kappa shape index (κ2) is 5.15. The SMILES string of the molecule is Cc1nn(C)c(C)c1C(=O)NS(=O)(=O)c1ncn(C)c1Cl. The van der Waals surface area contributed by atoms with Gasteiger partial charge in [0.25, 0.3) is 15.9 Å². The summed E-state index contributed by atoms with van der Waals surface area (Å²) in [6, 6.07) is 0. The summed E-state index contributed by atoms with van der Waals surface area (Å²) >= 11 is 5.84. The van der Waals surface area contributed by atoms with Crippen LogP contribution in [0.4, 0.5) is 0 Å². The van der Waals surface area contributed by atoms with Crippen molar-refractivity contribution in [3.63, 3.8) is 0 Å². The van der Waals surface area contributed by atoms with Gasteiger partial charge in [0.1, 0.15) is 5.15 Å². The van der Waals surface area contributed by atoms with Gasteiger partial charge < -0.3 is 4.57 Å². The zero-order chi connectivity index (χ0) is 15.9. The van der Waals surface area contributed by atoms with Crippen LogP contribution in [0, 0.1) is 13.8 Å². The summed E-state index contributed by atoms with van der Waals surface area (Å²) in [7, 11) is -0.925. The van der Waals surface area contributed by atoms with Crippen LogP contribution < -0.4 is 4.72 Å². The van der Waals surface area contributed by atoms with Gasteiger partial charge in [-0.15, -0.1) is 0 Å². The van der Waals surface area contributed by atoms with Gasteiger partial charge in [-0.25, -0.2) is 9.71 Å². The molecule has 0 aromatic carbocycles. The molecule has 2 aromatic rings. The quantitative estimate of drug-likeness (QED) is 0.885. The monoisotopic (exact) mass is 331 g/mol. The lowest BCUT2D eigenvalue weighted by atomic mass is 10.2. The Labute approximate surface area is 126 Å². The average molecular weight is 332 g/mol. The lowest BCUT2D eigenvalue weighted by Crippen LogP contribution is -2.31. The van der Waals surface area contributed by atoms with Crippen molar-refractivity contribution in [1.29, 1.82) is 0 Å². The van der Waals surface area contributed by atoms with E-state index in [0.29, 0.717) is 11.4 Å². The van der Waals surface area contributed by atoms with Crippen molar-refractivity contribution in [2.45, 2.75) is 18.9 Å². The Morgan fingerprint density at radius 2 is 1.95 bits per heavy atom. The first-order chi connectivity index (χ1) is 9.65. The molecule has 0 saturated heterocycles. The summed E-state index contributed by atoms with van der Waals surface area (Å²) in [5, 5.41) is 3.61. The molecule has 0 atom stereocenters. The molecule has 0 bridgehead atoms. The predicted molar refractivity (Wildman–Crippen MR) is 75.6 cm³/mol. The Morgan fingerprint density at radius 3 is 2.38 bits per heavy atom. The number of carbonyl (C=O) groups excluding carboxylic acids is 1. The van der Waals surface area contributed by atoms with Crippen molar-refractivity contribution >= 4 is 27.5 Å². The van der Waals surface area contributed by atoms with Crippen molar-refractivity contribution in [1.82, 2.24) is 24.1 Å². The molecular formula is C11H14ClN5O3S. The molecule has 0 aliphatic heterocycles. The first-order valence-corrected chi connectivity index (χ1v) is 7.75. The van der Waals surface area contributed by atoms with Crippen LogP contribution in [0.3, 0.4) is 0 Å². The lowest BCUT2D eigenvalue weighted by molar-refractivity contribution is 0.0980. The smallest absolute Gasteiger partial charge is 0.284 e. The van der Waals surface area contributed by atoms with E-state index in [1.165, 1.54) is 15.6 Å². The van der Waals surface area contributed by atoms with Gasteiger partial charge in [-0.05, 0) is 13.8 Å². The third kappa shape index (κ3) is 2.66. The van der Waals surface area contributed by atoms with E-state index in [1.54, 1.807) is 27.9 Å². The van der Waals surface area contributed by atoms with Gasteiger partial charge in [0, 0.05) is 19.8 Å². The summed E-state index contributed by atoms with van der Waals surface area (Å²) in [4.78, 5) is 15.9. The number of halogens is 1. The van der Waals surface area contributed by atoms with E-state index in [1.807, 2.05) is 4.72 Å². The van der Waals surface area contributed by atoms with E-state index >= 15 is 0 Å². The number of aromatic nitrogens is 4. The summed E-state index contributed by atoms with van der Waals surface area (Å²) in [6.45, 7) is 3.30. The highest BCUT2D eigenvalue weighted by Crippen LogP contribution is 2.19. The molecule has 0 radical (unpaired) electrons. The molecule has 0 fully saturated rings. The zero-order valence-electron chi connectivity index (χ0n) is 11.9. The number of aryl methyl sites for hydroxylation is 3. The molecule has 0 spiro atoms. The van der Waals surface area contributed by atoms with E-state index in [-0.39, 0.29) is 15.7 Å². The van der Waals surface area contributed by atoms with E-state index in [2.05, 4.69) is 10.1 Å². The fourth-order valence-corrected chi connectivity index (χ4v) is 3.29. The molecule has 0 unspecified atom stereocenters. The van der Waals surface area contributed by atoms with Crippen LogP contribution in [-0.4, -0.2) is 33.7 Å². The van der Waals surface area contributed by atoms with Crippen LogP contribution in [-0.2, 0) is 24.1 Å². The molecule has 2 rings (SSSR count). The highest BCUT2D eigenvalue weighted by atomic mass is 35.5. The standard InChI is InChI=1S/C11H14ClN5O3S/c1-6-8(7(2)17(4)14-6)10(18)15-21(19,20)11-9(12)16(3)5-13-11/h5H,1-4H3,(H,15,18). The Hall–Kier alpha value is -1.87. The number of amides is 1. The van der Waals surface area contributed by atoms with Gasteiger partial charge in [0.05, 0.1) is 17.6 Å². The van der Waals surface area contributed by atoms with Crippen LogP contribution in [0.25, 0.3) is 0 Å². The maximum Gasteiger partial charge on any atom is 0.284 e. The van der Waals surface area contributed by atoms with Gasteiger partial charge >= 0.3 is 0 Å². The number of carbonyl (C=O) groups is 1. The van der Waals surface area contributed by atoms with Gasteiger partial charge in [-0.2, -0.15) is 13.5 Å². The van der Waals surface area contributed by atoms with Crippen LogP contribution in [0.1, 0.15) is 21.7 Å². The first-order valence-electron chi connectivity index (χ1n) is 5.89. The summed E-state index contributed by atoms with van der Waals surface area (Å²) in [6.07, 6.45) is 1.25. The number of hydrogen-bond donors (Lipinski definition) is 1. The molecule has 0 saturated carbocycles. The number of imidazole rings is 1. The number of hydrogen-bond acceptors (Lipinski definition) is 5. The molecule has 1 N–H and O–H groups in total. The largest absolute Gasteiger partial charge is 0.324 e. The molecule has 0 aliphatic rings. The maximum absolute atomic E-state index is 12.2. The van der Waals surface area contributed by atoms with Crippen LogP contribution in [0.2, 0.25) is 5.15 Å². The van der Waals surface area contributed by atoms with Crippen molar-refractivity contribution in [2.24, 2.45) is 14.1 Å². The second-order valence-electron chi connectivity index (χ2n) is 4.56. The molecule has 1 amide bonds. The minimum absolute atomic E-state index is 0.0741. The molecule has 2 heterocycles. The predicted octanol–water partition coefficient (Wildman–Crippen LogP) is 0.543. The summed E-state index contributed by atoms with van der Waals surface area (Å²) < 4.78 is 29.1. The van der Waals surface area contributed by atoms with Gasteiger partial charge in [0.15, 0.2) is 0 Å². The summed E-state index contributed by atoms with van der Waals surface area (Å²) in [5.41, 5.74) is 1.22. The van der Waals surface area contributed by atoms with E-state index in [0.717, 1.165) is 0 Å². The number of nitrogens with zero attached hydrogens (tertiary/aromatic N) is 4. The molecule has 114 valence electrons. The Kier molecular flexibility index (Phi) is 3.81. The van der Waals surface area contributed by atoms with Gasteiger partial charge in [-0.1, -0.05) is 11.6 Å². The van der Waals surface area contributed by atoms with Gasteiger partial charge in [0.2, 0.25) is 5.03 Å². The minimum atomic E-state index is -4.14. The Balaban J connectivity index is 2.37. The lowest BCUT2D eigenvalue weighted by Gasteiger charge is -2.05. The van der Waals surface area contributed by atoms with Crippen molar-refractivity contribution < 1.29 is 13.2 Å². The van der Waals surface area contributed by atoms with Crippen LogP contribution in [0.5, 0.6) is 0 Å². The maximum atomic E-state index is 12.2. The minimum Gasteiger partial charge on any atom is -0.324 e. The molecule has 0 aliphatic carbocycles. The summed E-state index contributed by atoms with van der Waals surface area (Å²) in [5.74, 6) is -0.764. The molecule has 10 heteroatoms. The fourth-order valence-electron chi connectivity index (χ4n) is 1.90. The van der Waals surface area contributed by atoms with E-state index in [4.69, 9.17) is 11.6 Å². The molecule has 21 heavy (non-hydrogen) atoms. The Bertz CT molecular complexity index is 821. The zero-order valence-corrected chi connectivity index (χ0v) is 13.4. The molecule has 8 nitrogen and oxygen atoms in total. The number of nitrogens with one attached hydrogen (secondary N) is 1. The third-order valence-electron chi connectivity index (χ3n) is 3.05. The van der Waals surface area contributed by atoms with Crippen molar-refractivity contribution in [3.8, 4) is 0 Å². The second-order valence-corrected chi connectivity index (χ2v) is 6.51. The van der Waals surface area contributed by atoms with Crippen LogP contribution in [0.15, 0.2) is 11.4 Å². The fraction of sp³-hybridized carbons (Fsp3) is 0.364. The van der Waals surface area contributed by atoms with E-state index in [9.17, 15) is 13.2 Å². The van der Waals surface area contributed by atoms with Gasteiger partial charge in [-0.3, -0.25) is 9.48 Å². The molecular weight excluding hydrogens is 318 g/mol. The topological polar surface area (TPSA) is 98.9 Å². The normalized spacial score (nSPS) is 11.7. The molecule has 2 aromatic heterocycles. The number of sulfonamides is 1. The first kappa shape index (κ1) is 15.5. The van der Waals surface area contributed by atoms with Crippen molar-refractivity contribution in [3.05, 3.63) is 28.4 Å². The van der Waals surface area contributed by atoms with E-state index < -0.39 is 15.9 Å². The highest BCUT2D eigenvalue weighted by molar-refractivity contribution is 7.90. The average Bonchev–Trinajstić information content (AvgIpc) is 2.81. The third-order valence-corrected chi connectivity index (χ3v) is 4.87. The Morgan fingerprint density at radius 1 is 1.33 bits per heavy atom.